The standard InChI is InChI=1S/C21H30N4O4/c26-9-8-22-4-6-24(7-5-22)21(29)11-18(27)15-23-12-16-10-17(14-23)19-2-1-3-20(28)25(19)13-16/h1-3,16-17,26H,4-15H2. The minimum atomic E-state index is -0.0900. The Morgan fingerprint density at radius 2 is 1.83 bits per heavy atom. The average Bonchev–Trinajstić information content (AvgIpc) is 2.69. The van der Waals surface area contributed by atoms with Crippen molar-refractivity contribution in [1.82, 2.24) is 19.3 Å². The second-order valence-corrected chi connectivity index (χ2v) is 8.55. The highest BCUT2D eigenvalue weighted by atomic mass is 16.3. The molecule has 29 heavy (non-hydrogen) atoms. The first-order chi connectivity index (χ1) is 14.0. The van der Waals surface area contributed by atoms with Gasteiger partial charge in [0.1, 0.15) is 0 Å². The number of hydrogen-bond acceptors (Lipinski definition) is 6. The molecule has 158 valence electrons. The normalized spacial score (nSPS) is 24.9. The summed E-state index contributed by atoms with van der Waals surface area (Å²) in [7, 11) is 0. The fourth-order valence-corrected chi connectivity index (χ4v) is 5.07. The fraction of sp³-hybridized carbons (Fsp3) is 0.667. The number of likely N-dealkylation sites (tertiary alicyclic amines) is 1. The van der Waals surface area contributed by atoms with Crippen LogP contribution in [0.4, 0.5) is 0 Å². The van der Waals surface area contributed by atoms with E-state index in [-0.39, 0.29) is 36.2 Å². The van der Waals surface area contributed by atoms with Gasteiger partial charge in [-0.1, -0.05) is 6.07 Å². The van der Waals surface area contributed by atoms with Gasteiger partial charge in [0.15, 0.2) is 5.78 Å². The summed E-state index contributed by atoms with van der Waals surface area (Å²) in [5.41, 5.74) is 1.13. The molecule has 8 heteroatoms. The predicted octanol–water partition coefficient (Wildman–Crippen LogP) is -0.637. The van der Waals surface area contributed by atoms with Crippen LogP contribution < -0.4 is 5.56 Å². The first kappa shape index (κ1) is 20.3. The summed E-state index contributed by atoms with van der Waals surface area (Å²) in [5, 5.41) is 9.01. The van der Waals surface area contributed by atoms with Crippen LogP contribution in [0.25, 0.3) is 0 Å². The highest BCUT2D eigenvalue weighted by Crippen LogP contribution is 2.34. The van der Waals surface area contributed by atoms with Gasteiger partial charge in [-0.2, -0.15) is 0 Å². The minimum Gasteiger partial charge on any atom is -0.395 e. The Hall–Kier alpha value is -2.03. The smallest absolute Gasteiger partial charge is 0.250 e. The molecule has 2 fully saturated rings. The van der Waals surface area contributed by atoms with Crippen LogP contribution in [0.2, 0.25) is 0 Å². The van der Waals surface area contributed by atoms with E-state index in [9.17, 15) is 14.4 Å². The average molecular weight is 402 g/mol. The van der Waals surface area contributed by atoms with Crippen LogP contribution in [-0.2, 0) is 16.1 Å². The first-order valence-electron chi connectivity index (χ1n) is 10.6. The topological polar surface area (TPSA) is 86.1 Å². The van der Waals surface area contributed by atoms with Crippen molar-refractivity contribution in [2.45, 2.75) is 25.3 Å². The highest BCUT2D eigenvalue weighted by molar-refractivity contribution is 5.99. The molecular formula is C21H30N4O4. The minimum absolute atomic E-state index is 0.0294. The number of β-amino-alcohol motifs (C(OH)–C–C–N with tert-alkyl or cyclic N) is 1. The van der Waals surface area contributed by atoms with Crippen LogP contribution in [0.15, 0.2) is 23.0 Å². The van der Waals surface area contributed by atoms with Gasteiger partial charge in [0, 0.05) is 70.0 Å². The lowest BCUT2D eigenvalue weighted by Crippen LogP contribution is -2.50. The van der Waals surface area contributed by atoms with E-state index in [0.717, 1.165) is 38.3 Å². The maximum absolute atomic E-state index is 12.6. The van der Waals surface area contributed by atoms with E-state index in [0.29, 0.717) is 38.6 Å². The number of piperidine rings is 1. The van der Waals surface area contributed by atoms with E-state index in [1.54, 1.807) is 11.0 Å². The van der Waals surface area contributed by atoms with Gasteiger partial charge in [0.2, 0.25) is 5.91 Å². The van der Waals surface area contributed by atoms with Crippen LogP contribution >= 0.6 is 0 Å². The third kappa shape index (κ3) is 4.60. The zero-order valence-corrected chi connectivity index (χ0v) is 16.8. The Bertz CT molecular complexity index is 815. The molecule has 0 aromatic carbocycles. The summed E-state index contributed by atoms with van der Waals surface area (Å²) in [4.78, 5) is 43.2. The Morgan fingerprint density at radius 1 is 1.03 bits per heavy atom. The number of fused-ring (bicyclic) bond motifs is 4. The van der Waals surface area contributed by atoms with Crippen molar-refractivity contribution >= 4 is 11.7 Å². The molecule has 2 saturated heterocycles. The molecule has 0 aliphatic carbocycles. The monoisotopic (exact) mass is 402 g/mol. The molecule has 1 aromatic rings. The van der Waals surface area contributed by atoms with Gasteiger partial charge in [0.25, 0.3) is 5.56 Å². The molecule has 3 aliphatic heterocycles. The van der Waals surface area contributed by atoms with Gasteiger partial charge < -0.3 is 14.6 Å². The molecule has 4 rings (SSSR count). The molecule has 1 N–H and O–H groups in total. The number of piperazine rings is 1. The molecule has 1 aromatic heterocycles. The molecule has 3 aliphatic rings. The molecule has 0 saturated carbocycles. The van der Waals surface area contributed by atoms with Gasteiger partial charge in [-0.05, 0) is 18.4 Å². The lowest BCUT2D eigenvalue weighted by atomic mass is 9.83. The van der Waals surface area contributed by atoms with Crippen LogP contribution in [0.5, 0.6) is 0 Å². The zero-order valence-electron chi connectivity index (χ0n) is 16.8. The van der Waals surface area contributed by atoms with Gasteiger partial charge in [-0.25, -0.2) is 0 Å². The predicted molar refractivity (Wildman–Crippen MR) is 108 cm³/mol. The van der Waals surface area contributed by atoms with Gasteiger partial charge in [0.05, 0.1) is 19.6 Å². The van der Waals surface area contributed by atoms with E-state index in [2.05, 4.69) is 9.80 Å². The number of carbonyl (C=O) groups excluding carboxylic acids is 2. The number of hydrogen-bond donors (Lipinski definition) is 1. The summed E-state index contributed by atoms with van der Waals surface area (Å²) in [6, 6.07) is 5.45. The van der Waals surface area contributed by atoms with Crippen LogP contribution in [0.3, 0.4) is 0 Å². The molecule has 1 amide bonds. The molecular weight excluding hydrogens is 372 g/mol. The maximum atomic E-state index is 12.6. The van der Waals surface area contributed by atoms with E-state index >= 15 is 0 Å². The van der Waals surface area contributed by atoms with Gasteiger partial charge in [-0.3, -0.25) is 24.2 Å². The number of pyridine rings is 1. The molecule has 2 unspecified atom stereocenters. The van der Waals surface area contributed by atoms with Gasteiger partial charge >= 0.3 is 0 Å². The Morgan fingerprint density at radius 3 is 2.59 bits per heavy atom. The van der Waals surface area contributed by atoms with Crippen molar-refractivity contribution in [2.24, 2.45) is 5.92 Å². The molecule has 0 radical (unpaired) electrons. The second-order valence-electron chi connectivity index (χ2n) is 8.55. The maximum Gasteiger partial charge on any atom is 0.250 e. The van der Waals surface area contributed by atoms with Crippen LogP contribution in [0, 0.1) is 5.92 Å². The number of aliphatic hydroxyl groups excluding tert-OH is 1. The second kappa shape index (κ2) is 8.77. The number of aliphatic hydroxyl groups is 1. The largest absolute Gasteiger partial charge is 0.395 e. The Labute approximate surface area is 170 Å². The Kier molecular flexibility index (Phi) is 6.12. The fourth-order valence-electron chi connectivity index (χ4n) is 5.07. The van der Waals surface area contributed by atoms with Crippen LogP contribution in [0.1, 0.15) is 24.5 Å². The SMILES string of the molecule is O=C(CC(=O)N1CCN(CCO)CC1)CN1CC2CC(C1)c1cccc(=O)n1C2. The van der Waals surface area contributed by atoms with Crippen molar-refractivity contribution < 1.29 is 14.7 Å². The van der Waals surface area contributed by atoms with Crippen LogP contribution in [-0.4, -0.2) is 95.0 Å². The van der Waals surface area contributed by atoms with Crippen molar-refractivity contribution in [1.29, 1.82) is 0 Å². The summed E-state index contributed by atoms with van der Waals surface area (Å²) < 4.78 is 1.89. The van der Waals surface area contributed by atoms with Crippen molar-refractivity contribution in [3.05, 3.63) is 34.2 Å². The lowest BCUT2D eigenvalue weighted by molar-refractivity contribution is -0.137. The summed E-state index contributed by atoms with van der Waals surface area (Å²) >= 11 is 0. The number of aromatic nitrogens is 1. The number of ketones is 1. The zero-order chi connectivity index (χ0) is 20.4. The molecule has 4 heterocycles. The van der Waals surface area contributed by atoms with Crippen molar-refractivity contribution in [2.75, 3.05) is 59.0 Å². The summed E-state index contributed by atoms with van der Waals surface area (Å²) in [5.74, 6) is 0.537. The van der Waals surface area contributed by atoms with E-state index in [4.69, 9.17) is 5.11 Å². The third-order valence-electron chi connectivity index (χ3n) is 6.44. The van der Waals surface area contributed by atoms with E-state index in [1.165, 1.54) is 0 Å². The van der Waals surface area contributed by atoms with E-state index in [1.807, 2.05) is 16.7 Å². The molecule has 8 nitrogen and oxygen atoms in total. The van der Waals surface area contributed by atoms with E-state index < -0.39 is 0 Å². The number of carbonyl (C=O) groups is 2. The number of amides is 1. The number of rotatable bonds is 6. The number of nitrogens with zero attached hydrogens (tertiary/aromatic N) is 4. The lowest BCUT2D eigenvalue weighted by Gasteiger charge is -2.42. The molecule has 2 bridgehead atoms. The van der Waals surface area contributed by atoms with Gasteiger partial charge in [-0.15, -0.1) is 0 Å². The molecule has 2 atom stereocenters. The summed E-state index contributed by atoms with van der Waals surface area (Å²) in [6.07, 6.45) is 1.02. The first-order valence-corrected chi connectivity index (χ1v) is 10.6. The third-order valence-corrected chi connectivity index (χ3v) is 6.44. The number of Topliss-reactive ketones (excluding diaryl/α,β-unsaturated/α-hetero) is 1. The van der Waals surface area contributed by atoms with Crippen molar-refractivity contribution in [3.8, 4) is 0 Å². The summed E-state index contributed by atoms with van der Waals surface area (Å²) in [6.45, 7) is 6.07. The van der Waals surface area contributed by atoms with Crippen molar-refractivity contribution in [3.63, 3.8) is 0 Å². The highest BCUT2D eigenvalue weighted by Gasteiger charge is 2.35. The Balaban J connectivity index is 1.29. The molecule has 0 spiro atoms. The quantitative estimate of drug-likeness (QED) is 0.638.